The van der Waals surface area contributed by atoms with Gasteiger partial charge in [-0.3, -0.25) is 9.59 Å². The van der Waals surface area contributed by atoms with Gasteiger partial charge in [0.05, 0.1) is 0 Å². The van der Waals surface area contributed by atoms with Crippen LogP contribution in [0, 0.1) is 5.92 Å². The molecule has 2 atom stereocenters. The van der Waals surface area contributed by atoms with Gasteiger partial charge in [-0.25, -0.2) is 0 Å². The molecule has 1 N–H and O–H groups in total. The second kappa shape index (κ2) is 6.59. The molecule has 0 spiro atoms. The molecule has 0 saturated carbocycles. The largest absolute Gasteiger partial charge is 0.342 e. The Hall–Kier alpha value is -1.06. The van der Waals surface area contributed by atoms with Crippen LogP contribution in [-0.2, 0) is 9.59 Å². The fourth-order valence-electron chi connectivity index (χ4n) is 3.02. The van der Waals surface area contributed by atoms with E-state index in [0.717, 1.165) is 25.7 Å². The Balaban J connectivity index is 3.20. The molecule has 0 bridgehead atoms. The summed E-state index contributed by atoms with van der Waals surface area (Å²) in [4.78, 5) is 27.2. The van der Waals surface area contributed by atoms with E-state index in [1.807, 2.05) is 25.7 Å². The molecule has 2 unspecified atom stereocenters. The lowest BCUT2D eigenvalue weighted by Crippen LogP contribution is -2.70. The Morgan fingerprint density at radius 2 is 1.75 bits per heavy atom. The van der Waals surface area contributed by atoms with E-state index in [9.17, 15) is 9.59 Å². The maximum absolute atomic E-state index is 12.9. The highest BCUT2D eigenvalue weighted by atomic mass is 16.2. The van der Waals surface area contributed by atoms with E-state index in [2.05, 4.69) is 26.1 Å². The molecule has 1 fully saturated rings. The minimum absolute atomic E-state index is 0.00572. The van der Waals surface area contributed by atoms with Crippen LogP contribution in [0.3, 0.4) is 0 Å². The maximum Gasteiger partial charge on any atom is 0.246 e. The molecule has 1 aliphatic heterocycles. The van der Waals surface area contributed by atoms with Gasteiger partial charge in [0.25, 0.3) is 0 Å². The van der Waals surface area contributed by atoms with Crippen molar-refractivity contribution in [2.45, 2.75) is 84.8 Å². The monoisotopic (exact) mass is 282 g/mol. The van der Waals surface area contributed by atoms with E-state index in [1.165, 1.54) is 0 Å². The Bertz CT molecular complexity index is 361. The highest BCUT2D eigenvalue weighted by molar-refractivity contribution is 5.97. The summed E-state index contributed by atoms with van der Waals surface area (Å²) < 4.78 is 0. The van der Waals surface area contributed by atoms with Crippen LogP contribution in [0.1, 0.15) is 67.2 Å². The first-order chi connectivity index (χ1) is 9.32. The minimum Gasteiger partial charge on any atom is -0.342 e. The Kier molecular flexibility index (Phi) is 5.60. The third-order valence-corrected chi connectivity index (χ3v) is 4.71. The molecule has 0 radical (unpaired) electrons. The lowest BCUT2D eigenvalue weighted by Gasteiger charge is -2.50. The summed E-state index contributed by atoms with van der Waals surface area (Å²) >= 11 is 0. The van der Waals surface area contributed by atoms with Crippen LogP contribution in [0.4, 0.5) is 0 Å². The van der Waals surface area contributed by atoms with Crippen molar-refractivity contribution < 1.29 is 9.59 Å². The molecule has 2 amide bonds. The van der Waals surface area contributed by atoms with Crippen molar-refractivity contribution in [2.24, 2.45) is 5.92 Å². The zero-order valence-corrected chi connectivity index (χ0v) is 13.8. The molecule has 1 heterocycles. The normalized spacial score (nSPS) is 24.2. The van der Waals surface area contributed by atoms with Crippen molar-refractivity contribution in [2.75, 3.05) is 0 Å². The molecule has 0 aromatic carbocycles. The Morgan fingerprint density at radius 1 is 1.20 bits per heavy atom. The number of rotatable bonds is 6. The maximum atomic E-state index is 12.9. The number of nitrogens with zero attached hydrogens (tertiary/aromatic N) is 1. The number of hydrogen-bond acceptors (Lipinski definition) is 2. The van der Waals surface area contributed by atoms with E-state index >= 15 is 0 Å². The Labute approximate surface area is 123 Å². The molecule has 116 valence electrons. The third kappa shape index (κ3) is 2.99. The third-order valence-electron chi connectivity index (χ3n) is 4.71. The summed E-state index contributed by atoms with van der Waals surface area (Å²) in [6.45, 7) is 12.3. The summed E-state index contributed by atoms with van der Waals surface area (Å²) in [6.07, 6.45) is 3.34. The van der Waals surface area contributed by atoms with Gasteiger partial charge < -0.3 is 10.2 Å². The topological polar surface area (TPSA) is 49.4 Å². The molecule has 0 aromatic rings. The molecule has 0 aromatic heterocycles. The van der Waals surface area contributed by atoms with Crippen LogP contribution in [-0.4, -0.2) is 34.3 Å². The summed E-state index contributed by atoms with van der Waals surface area (Å²) in [5, 5.41) is 2.92. The number of carbonyl (C=O) groups is 2. The van der Waals surface area contributed by atoms with Gasteiger partial charge >= 0.3 is 0 Å². The molecular formula is C16H30N2O2. The second-order valence-corrected chi connectivity index (χ2v) is 6.45. The first kappa shape index (κ1) is 17.0. The zero-order valence-electron chi connectivity index (χ0n) is 13.8. The van der Waals surface area contributed by atoms with Gasteiger partial charge in [0.1, 0.15) is 12.1 Å². The SMILES string of the molecule is CCCC1NC(=O)C(C(C)C)N(C(C)(CC)CC)C1=O. The molecule has 1 rings (SSSR count). The predicted octanol–water partition coefficient (Wildman–Crippen LogP) is 2.72. The van der Waals surface area contributed by atoms with Crippen molar-refractivity contribution in [1.82, 2.24) is 10.2 Å². The van der Waals surface area contributed by atoms with Crippen molar-refractivity contribution in [3.63, 3.8) is 0 Å². The average Bonchev–Trinajstić information content (AvgIpc) is 2.41. The van der Waals surface area contributed by atoms with Crippen LogP contribution in [0.2, 0.25) is 0 Å². The van der Waals surface area contributed by atoms with Crippen molar-refractivity contribution >= 4 is 11.8 Å². The molecule has 4 heteroatoms. The summed E-state index contributed by atoms with van der Waals surface area (Å²) in [7, 11) is 0. The summed E-state index contributed by atoms with van der Waals surface area (Å²) in [6, 6.07) is -0.694. The predicted molar refractivity (Wildman–Crippen MR) is 81.3 cm³/mol. The number of nitrogens with one attached hydrogen (secondary N) is 1. The fraction of sp³-hybridized carbons (Fsp3) is 0.875. The first-order valence-corrected chi connectivity index (χ1v) is 7.95. The zero-order chi connectivity index (χ0) is 15.5. The quantitative estimate of drug-likeness (QED) is 0.814. The van der Waals surface area contributed by atoms with Crippen LogP contribution in [0.25, 0.3) is 0 Å². The van der Waals surface area contributed by atoms with Gasteiger partial charge in [-0.15, -0.1) is 0 Å². The van der Waals surface area contributed by atoms with Gasteiger partial charge in [0.2, 0.25) is 11.8 Å². The van der Waals surface area contributed by atoms with E-state index in [-0.39, 0.29) is 35.4 Å². The standard InChI is InChI=1S/C16H30N2O2/c1-7-10-12-15(20)18(16(6,8-2)9-3)13(11(4)5)14(19)17-12/h11-13H,7-10H2,1-6H3,(H,17,19). The van der Waals surface area contributed by atoms with Crippen molar-refractivity contribution in [3.8, 4) is 0 Å². The van der Waals surface area contributed by atoms with Gasteiger partial charge in [0, 0.05) is 5.54 Å². The summed E-state index contributed by atoms with van der Waals surface area (Å²) in [5.41, 5.74) is -0.240. The van der Waals surface area contributed by atoms with Gasteiger partial charge in [0.15, 0.2) is 0 Å². The minimum atomic E-state index is -0.347. The smallest absolute Gasteiger partial charge is 0.246 e. The number of hydrogen-bond donors (Lipinski definition) is 1. The number of amides is 2. The highest BCUT2D eigenvalue weighted by Crippen LogP contribution is 2.32. The molecule has 4 nitrogen and oxygen atoms in total. The molecular weight excluding hydrogens is 252 g/mol. The number of carbonyl (C=O) groups excluding carboxylic acids is 2. The van der Waals surface area contributed by atoms with Crippen LogP contribution in [0.15, 0.2) is 0 Å². The van der Waals surface area contributed by atoms with Gasteiger partial charge in [-0.2, -0.15) is 0 Å². The van der Waals surface area contributed by atoms with Crippen molar-refractivity contribution in [3.05, 3.63) is 0 Å². The Morgan fingerprint density at radius 3 is 2.15 bits per heavy atom. The lowest BCUT2D eigenvalue weighted by atomic mass is 9.85. The van der Waals surface area contributed by atoms with E-state index in [0.29, 0.717) is 0 Å². The van der Waals surface area contributed by atoms with Crippen LogP contribution >= 0.6 is 0 Å². The first-order valence-electron chi connectivity index (χ1n) is 7.95. The number of piperazine rings is 1. The molecule has 0 aliphatic carbocycles. The van der Waals surface area contributed by atoms with Crippen molar-refractivity contribution in [1.29, 1.82) is 0 Å². The lowest BCUT2D eigenvalue weighted by molar-refractivity contribution is -0.159. The molecule has 1 aliphatic rings. The molecule has 20 heavy (non-hydrogen) atoms. The van der Waals surface area contributed by atoms with E-state index < -0.39 is 0 Å². The van der Waals surface area contributed by atoms with Gasteiger partial charge in [-0.05, 0) is 32.1 Å². The average molecular weight is 282 g/mol. The van der Waals surface area contributed by atoms with E-state index in [4.69, 9.17) is 0 Å². The summed E-state index contributed by atoms with van der Waals surface area (Å²) in [5.74, 6) is 0.224. The van der Waals surface area contributed by atoms with Gasteiger partial charge in [-0.1, -0.05) is 41.0 Å². The highest BCUT2D eigenvalue weighted by Gasteiger charge is 2.47. The van der Waals surface area contributed by atoms with E-state index in [1.54, 1.807) is 0 Å². The fourth-order valence-corrected chi connectivity index (χ4v) is 3.02. The molecule has 1 saturated heterocycles. The van der Waals surface area contributed by atoms with Crippen LogP contribution in [0.5, 0.6) is 0 Å². The van der Waals surface area contributed by atoms with Crippen LogP contribution < -0.4 is 5.32 Å². The second-order valence-electron chi connectivity index (χ2n) is 6.45.